The van der Waals surface area contributed by atoms with Crippen LogP contribution in [0.5, 0.6) is 0 Å². The Morgan fingerprint density at radius 3 is 2.94 bits per heavy atom. The van der Waals surface area contributed by atoms with Gasteiger partial charge in [0, 0.05) is 13.2 Å². The predicted molar refractivity (Wildman–Crippen MR) is 67.8 cm³/mol. The SMILES string of the molecule is CC(Nc1ncncc1I)c1nncn1C. The number of aryl methyl sites for hydroxylation is 1. The molecule has 2 aromatic heterocycles. The number of halogens is 1. The zero-order valence-corrected chi connectivity index (χ0v) is 11.1. The molecule has 16 heavy (non-hydrogen) atoms. The molecule has 84 valence electrons. The minimum atomic E-state index is 0.0518. The Labute approximate surface area is 107 Å². The van der Waals surface area contributed by atoms with Crippen molar-refractivity contribution in [2.24, 2.45) is 7.05 Å². The molecule has 6 nitrogen and oxygen atoms in total. The number of hydrogen-bond acceptors (Lipinski definition) is 5. The Bertz CT molecular complexity index is 482. The summed E-state index contributed by atoms with van der Waals surface area (Å²) in [5.41, 5.74) is 0. The van der Waals surface area contributed by atoms with Crippen LogP contribution in [0.3, 0.4) is 0 Å². The summed E-state index contributed by atoms with van der Waals surface area (Å²) >= 11 is 2.19. The number of anilines is 1. The van der Waals surface area contributed by atoms with Crippen molar-refractivity contribution >= 4 is 28.4 Å². The topological polar surface area (TPSA) is 68.5 Å². The van der Waals surface area contributed by atoms with Crippen molar-refractivity contribution in [3.05, 3.63) is 28.2 Å². The monoisotopic (exact) mass is 330 g/mol. The smallest absolute Gasteiger partial charge is 0.154 e. The van der Waals surface area contributed by atoms with E-state index in [1.54, 1.807) is 12.5 Å². The maximum atomic E-state index is 4.17. The lowest BCUT2D eigenvalue weighted by atomic mass is 10.3. The normalized spacial score (nSPS) is 12.4. The molecule has 2 rings (SSSR count). The average Bonchev–Trinajstić information content (AvgIpc) is 2.68. The Morgan fingerprint density at radius 1 is 1.50 bits per heavy atom. The molecule has 1 unspecified atom stereocenters. The molecule has 1 atom stereocenters. The number of rotatable bonds is 3. The minimum Gasteiger partial charge on any atom is -0.359 e. The van der Waals surface area contributed by atoms with Crippen molar-refractivity contribution in [2.45, 2.75) is 13.0 Å². The van der Waals surface area contributed by atoms with Crippen molar-refractivity contribution in [1.29, 1.82) is 0 Å². The molecule has 0 spiro atoms. The van der Waals surface area contributed by atoms with Gasteiger partial charge in [-0.05, 0) is 29.5 Å². The molecule has 0 saturated carbocycles. The molecule has 0 aliphatic carbocycles. The second-order valence-electron chi connectivity index (χ2n) is 3.39. The maximum absolute atomic E-state index is 4.17. The molecule has 2 aromatic rings. The third-order valence-corrected chi connectivity index (χ3v) is 2.94. The molecular weight excluding hydrogens is 319 g/mol. The molecular formula is C9H11IN6. The van der Waals surface area contributed by atoms with Gasteiger partial charge in [0.15, 0.2) is 5.82 Å². The summed E-state index contributed by atoms with van der Waals surface area (Å²) < 4.78 is 2.86. The summed E-state index contributed by atoms with van der Waals surface area (Å²) in [6, 6.07) is 0.0518. The van der Waals surface area contributed by atoms with E-state index >= 15 is 0 Å². The van der Waals surface area contributed by atoms with Crippen LogP contribution in [-0.2, 0) is 7.05 Å². The van der Waals surface area contributed by atoms with Gasteiger partial charge < -0.3 is 9.88 Å². The summed E-state index contributed by atoms with van der Waals surface area (Å²) in [4.78, 5) is 8.11. The summed E-state index contributed by atoms with van der Waals surface area (Å²) in [7, 11) is 1.92. The second kappa shape index (κ2) is 4.73. The first-order valence-corrected chi connectivity index (χ1v) is 5.82. The van der Waals surface area contributed by atoms with E-state index in [1.165, 1.54) is 6.33 Å². The molecule has 0 aliphatic rings. The molecule has 0 saturated heterocycles. The predicted octanol–water partition coefficient (Wildman–Crippen LogP) is 1.38. The van der Waals surface area contributed by atoms with Gasteiger partial charge in [0.25, 0.3) is 0 Å². The Morgan fingerprint density at radius 2 is 2.31 bits per heavy atom. The van der Waals surface area contributed by atoms with Crippen LogP contribution in [0.1, 0.15) is 18.8 Å². The van der Waals surface area contributed by atoms with Gasteiger partial charge in [0.2, 0.25) is 0 Å². The van der Waals surface area contributed by atoms with E-state index < -0.39 is 0 Å². The molecule has 2 heterocycles. The van der Waals surface area contributed by atoms with Crippen molar-refractivity contribution < 1.29 is 0 Å². The van der Waals surface area contributed by atoms with E-state index in [0.717, 1.165) is 15.2 Å². The number of hydrogen-bond donors (Lipinski definition) is 1. The fraction of sp³-hybridized carbons (Fsp3) is 0.333. The average molecular weight is 330 g/mol. The second-order valence-corrected chi connectivity index (χ2v) is 4.55. The summed E-state index contributed by atoms with van der Waals surface area (Å²) in [5.74, 6) is 1.68. The van der Waals surface area contributed by atoms with Gasteiger partial charge >= 0.3 is 0 Å². The molecule has 1 N–H and O–H groups in total. The Balaban J connectivity index is 2.17. The van der Waals surface area contributed by atoms with Crippen molar-refractivity contribution in [1.82, 2.24) is 24.7 Å². The van der Waals surface area contributed by atoms with Crippen molar-refractivity contribution in [3.63, 3.8) is 0 Å². The maximum Gasteiger partial charge on any atom is 0.154 e. The van der Waals surface area contributed by atoms with Crippen LogP contribution in [0.2, 0.25) is 0 Å². The van der Waals surface area contributed by atoms with Gasteiger partial charge in [0.05, 0.1) is 9.61 Å². The van der Waals surface area contributed by atoms with Crippen LogP contribution in [0.4, 0.5) is 5.82 Å². The molecule has 0 aliphatic heterocycles. The first-order chi connectivity index (χ1) is 7.68. The molecule has 0 fully saturated rings. The standard InChI is InChI=1S/C9H11IN6/c1-6(9-15-13-5-16(9)2)14-8-7(10)3-11-4-12-8/h3-6H,1-2H3,(H,11,12,14). The zero-order chi connectivity index (χ0) is 11.5. The molecule has 0 radical (unpaired) electrons. The molecule has 0 aromatic carbocycles. The van der Waals surface area contributed by atoms with E-state index in [0.29, 0.717) is 0 Å². The third-order valence-electron chi connectivity index (χ3n) is 2.15. The number of nitrogens with one attached hydrogen (secondary N) is 1. The van der Waals surface area contributed by atoms with Crippen molar-refractivity contribution in [3.8, 4) is 0 Å². The quantitative estimate of drug-likeness (QED) is 0.862. The number of nitrogens with zero attached hydrogens (tertiary/aromatic N) is 5. The van der Waals surface area contributed by atoms with Gasteiger partial charge in [-0.2, -0.15) is 0 Å². The van der Waals surface area contributed by atoms with Gasteiger partial charge in [-0.1, -0.05) is 0 Å². The highest BCUT2D eigenvalue weighted by Gasteiger charge is 2.12. The summed E-state index contributed by atoms with van der Waals surface area (Å²) in [6.07, 6.45) is 4.96. The van der Waals surface area contributed by atoms with Crippen LogP contribution in [0, 0.1) is 3.57 Å². The lowest BCUT2D eigenvalue weighted by Gasteiger charge is -2.13. The highest BCUT2D eigenvalue weighted by Crippen LogP contribution is 2.18. The minimum absolute atomic E-state index is 0.0518. The van der Waals surface area contributed by atoms with Crippen LogP contribution >= 0.6 is 22.6 Å². The zero-order valence-electron chi connectivity index (χ0n) is 8.92. The van der Waals surface area contributed by atoms with Crippen LogP contribution < -0.4 is 5.32 Å². The van der Waals surface area contributed by atoms with E-state index in [1.807, 2.05) is 18.5 Å². The van der Waals surface area contributed by atoms with E-state index in [9.17, 15) is 0 Å². The fourth-order valence-corrected chi connectivity index (χ4v) is 1.83. The number of aromatic nitrogens is 5. The lowest BCUT2D eigenvalue weighted by Crippen LogP contribution is -2.13. The highest BCUT2D eigenvalue weighted by molar-refractivity contribution is 14.1. The molecule has 7 heteroatoms. The van der Waals surface area contributed by atoms with E-state index in [4.69, 9.17) is 0 Å². The van der Waals surface area contributed by atoms with Gasteiger partial charge in [0.1, 0.15) is 18.5 Å². The summed E-state index contributed by atoms with van der Waals surface area (Å²) in [6.45, 7) is 2.02. The molecule has 0 amide bonds. The van der Waals surface area contributed by atoms with Crippen LogP contribution in [0.25, 0.3) is 0 Å². The summed E-state index contributed by atoms with van der Waals surface area (Å²) in [5, 5.41) is 11.2. The van der Waals surface area contributed by atoms with E-state index in [-0.39, 0.29) is 6.04 Å². The lowest BCUT2D eigenvalue weighted by molar-refractivity contribution is 0.715. The van der Waals surface area contributed by atoms with Gasteiger partial charge in [-0.15, -0.1) is 10.2 Å². The first kappa shape index (κ1) is 11.2. The third kappa shape index (κ3) is 2.29. The molecule has 0 bridgehead atoms. The van der Waals surface area contributed by atoms with Crippen LogP contribution in [0.15, 0.2) is 18.9 Å². The largest absolute Gasteiger partial charge is 0.359 e. The highest BCUT2D eigenvalue weighted by atomic mass is 127. The fourth-order valence-electron chi connectivity index (χ4n) is 1.37. The Hall–Kier alpha value is -1.25. The van der Waals surface area contributed by atoms with E-state index in [2.05, 4.69) is 48.1 Å². The van der Waals surface area contributed by atoms with Gasteiger partial charge in [-0.3, -0.25) is 0 Å². The first-order valence-electron chi connectivity index (χ1n) is 4.74. The van der Waals surface area contributed by atoms with Crippen molar-refractivity contribution in [2.75, 3.05) is 5.32 Å². The Kier molecular flexibility index (Phi) is 3.32. The van der Waals surface area contributed by atoms with Gasteiger partial charge in [-0.25, -0.2) is 9.97 Å². The van der Waals surface area contributed by atoms with Crippen LogP contribution in [-0.4, -0.2) is 24.7 Å².